The standard InChI is InChI=1S/C21H18N4O2S/c1-2-25-17-6-4-3-5-14(17)15-11-13(7-8-18(15)25)19-16(12-22)20(27)24-21(23-19)28-10-9-26/h3-8,11,26H,2,9-10H2,1H3,(H,23,24,27). The molecule has 4 rings (SSSR count). The number of benzene rings is 2. The lowest BCUT2D eigenvalue weighted by molar-refractivity contribution is 0.322. The Hall–Kier alpha value is -3.08. The molecule has 2 aromatic heterocycles. The van der Waals surface area contributed by atoms with Crippen molar-refractivity contribution in [1.82, 2.24) is 14.5 Å². The zero-order valence-electron chi connectivity index (χ0n) is 15.3. The van der Waals surface area contributed by atoms with Crippen LogP contribution in [0.3, 0.4) is 0 Å². The van der Waals surface area contributed by atoms with Crippen LogP contribution >= 0.6 is 11.8 Å². The Morgan fingerprint density at radius 1 is 1.21 bits per heavy atom. The predicted molar refractivity (Wildman–Crippen MR) is 111 cm³/mol. The molecule has 0 bridgehead atoms. The highest BCUT2D eigenvalue weighted by atomic mass is 32.2. The van der Waals surface area contributed by atoms with Crippen LogP contribution in [0.25, 0.3) is 33.1 Å². The average Bonchev–Trinajstić information content (AvgIpc) is 3.04. The molecule has 6 nitrogen and oxygen atoms in total. The Kier molecular flexibility index (Phi) is 4.90. The summed E-state index contributed by atoms with van der Waals surface area (Å²) < 4.78 is 2.24. The Morgan fingerprint density at radius 3 is 2.75 bits per heavy atom. The molecule has 0 saturated heterocycles. The number of aromatic nitrogens is 3. The van der Waals surface area contributed by atoms with Crippen molar-refractivity contribution in [2.24, 2.45) is 0 Å². The first-order chi connectivity index (χ1) is 13.7. The molecule has 7 heteroatoms. The number of nitriles is 1. The van der Waals surface area contributed by atoms with E-state index in [1.165, 1.54) is 11.8 Å². The summed E-state index contributed by atoms with van der Waals surface area (Å²) in [4.78, 5) is 19.5. The van der Waals surface area contributed by atoms with Gasteiger partial charge in [-0.05, 0) is 25.1 Å². The largest absolute Gasteiger partial charge is 0.396 e. The number of aliphatic hydroxyl groups is 1. The minimum absolute atomic E-state index is 0.00747. The molecule has 0 aliphatic rings. The van der Waals surface area contributed by atoms with Gasteiger partial charge in [0, 0.05) is 39.7 Å². The molecule has 2 N–H and O–H groups in total. The quantitative estimate of drug-likeness (QED) is 0.402. The maximum absolute atomic E-state index is 12.4. The monoisotopic (exact) mass is 390 g/mol. The van der Waals surface area contributed by atoms with E-state index in [4.69, 9.17) is 5.11 Å². The molecular weight excluding hydrogens is 372 g/mol. The summed E-state index contributed by atoms with van der Waals surface area (Å²) in [6, 6.07) is 16.1. The number of rotatable bonds is 5. The van der Waals surface area contributed by atoms with Crippen molar-refractivity contribution in [2.45, 2.75) is 18.6 Å². The molecule has 2 aromatic carbocycles. The molecule has 0 atom stereocenters. The van der Waals surface area contributed by atoms with Crippen LogP contribution in [0.15, 0.2) is 52.4 Å². The fourth-order valence-electron chi connectivity index (χ4n) is 3.52. The van der Waals surface area contributed by atoms with E-state index in [2.05, 4.69) is 33.6 Å². The van der Waals surface area contributed by atoms with Crippen LogP contribution in [0.2, 0.25) is 0 Å². The minimum Gasteiger partial charge on any atom is -0.396 e. The molecule has 4 aromatic rings. The van der Waals surface area contributed by atoms with Crippen molar-refractivity contribution >= 4 is 33.6 Å². The first-order valence-corrected chi connectivity index (χ1v) is 9.96. The average molecular weight is 390 g/mol. The molecule has 140 valence electrons. The minimum atomic E-state index is -0.468. The van der Waals surface area contributed by atoms with Gasteiger partial charge in [0.2, 0.25) is 0 Å². The number of nitrogens with zero attached hydrogens (tertiary/aromatic N) is 3. The highest BCUT2D eigenvalue weighted by molar-refractivity contribution is 7.99. The number of thioether (sulfide) groups is 1. The van der Waals surface area contributed by atoms with Gasteiger partial charge in [-0.1, -0.05) is 36.0 Å². The van der Waals surface area contributed by atoms with E-state index in [1.54, 1.807) is 0 Å². The van der Waals surface area contributed by atoms with Gasteiger partial charge in [0.05, 0.1) is 12.3 Å². The van der Waals surface area contributed by atoms with Gasteiger partial charge in [-0.15, -0.1) is 0 Å². The number of H-pyrrole nitrogens is 1. The number of aromatic amines is 1. The normalized spacial score (nSPS) is 11.2. The van der Waals surface area contributed by atoms with Gasteiger partial charge in [0.15, 0.2) is 5.16 Å². The van der Waals surface area contributed by atoms with E-state index in [0.29, 0.717) is 16.6 Å². The van der Waals surface area contributed by atoms with Crippen LogP contribution in [0.1, 0.15) is 12.5 Å². The third kappa shape index (κ3) is 2.97. The molecule has 0 unspecified atom stereocenters. The summed E-state index contributed by atoms with van der Waals surface area (Å²) in [6.07, 6.45) is 0. The highest BCUT2D eigenvalue weighted by Gasteiger charge is 2.16. The van der Waals surface area contributed by atoms with Gasteiger partial charge in [0.25, 0.3) is 5.56 Å². The summed E-state index contributed by atoms with van der Waals surface area (Å²) in [6.45, 7) is 2.93. The van der Waals surface area contributed by atoms with E-state index in [9.17, 15) is 10.1 Å². The molecule has 0 saturated carbocycles. The van der Waals surface area contributed by atoms with Crippen molar-refractivity contribution in [3.8, 4) is 17.3 Å². The van der Waals surface area contributed by atoms with Crippen molar-refractivity contribution < 1.29 is 5.11 Å². The maximum atomic E-state index is 12.4. The van der Waals surface area contributed by atoms with E-state index in [0.717, 1.165) is 33.9 Å². The smallest absolute Gasteiger partial charge is 0.270 e. The molecule has 0 aliphatic heterocycles. The second-order valence-corrected chi connectivity index (χ2v) is 7.36. The summed E-state index contributed by atoms with van der Waals surface area (Å²) in [5.41, 5.74) is 2.86. The van der Waals surface area contributed by atoms with Crippen LogP contribution in [0.5, 0.6) is 0 Å². The van der Waals surface area contributed by atoms with Gasteiger partial charge >= 0.3 is 0 Å². The second-order valence-electron chi connectivity index (χ2n) is 6.27. The summed E-state index contributed by atoms with van der Waals surface area (Å²) in [7, 11) is 0. The number of hydrogen-bond donors (Lipinski definition) is 2. The molecule has 0 amide bonds. The second kappa shape index (κ2) is 7.50. The zero-order valence-corrected chi connectivity index (χ0v) is 16.1. The van der Waals surface area contributed by atoms with E-state index < -0.39 is 5.56 Å². The van der Waals surface area contributed by atoms with Crippen molar-refractivity contribution in [3.05, 3.63) is 58.4 Å². The number of para-hydroxylation sites is 1. The number of fused-ring (bicyclic) bond motifs is 3. The lowest BCUT2D eigenvalue weighted by Gasteiger charge is -2.07. The van der Waals surface area contributed by atoms with Gasteiger partial charge in [0.1, 0.15) is 11.6 Å². The number of aliphatic hydroxyl groups excluding tert-OH is 1. The zero-order chi connectivity index (χ0) is 19.7. The maximum Gasteiger partial charge on any atom is 0.270 e. The van der Waals surface area contributed by atoms with Gasteiger partial charge in [-0.3, -0.25) is 4.79 Å². The fraction of sp³-hybridized carbons (Fsp3) is 0.190. The first kappa shape index (κ1) is 18.3. The molecule has 2 heterocycles. The Labute approximate surface area is 165 Å². The Bertz CT molecular complexity index is 1280. The summed E-state index contributed by atoms with van der Waals surface area (Å²) in [5, 5.41) is 21.1. The molecule has 0 radical (unpaired) electrons. The number of aryl methyl sites for hydroxylation is 1. The summed E-state index contributed by atoms with van der Waals surface area (Å²) >= 11 is 1.25. The number of hydrogen-bond acceptors (Lipinski definition) is 5. The van der Waals surface area contributed by atoms with Gasteiger partial charge < -0.3 is 14.7 Å². The molecule has 28 heavy (non-hydrogen) atoms. The van der Waals surface area contributed by atoms with Crippen LogP contribution in [0.4, 0.5) is 0 Å². The topological polar surface area (TPSA) is 94.7 Å². The highest BCUT2D eigenvalue weighted by Crippen LogP contribution is 2.32. The fourth-order valence-corrected chi connectivity index (χ4v) is 4.12. The van der Waals surface area contributed by atoms with E-state index in [-0.39, 0.29) is 12.2 Å². The van der Waals surface area contributed by atoms with Crippen LogP contribution in [-0.4, -0.2) is 32.0 Å². The molecule has 0 spiro atoms. The van der Waals surface area contributed by atoms with E-state index in [1.807, 2.05) is 36.4 Å². The van der Waals surface area contributed by atoms with Crippen LogP contribution in [0, 0.1) is 11.3 Å². The van der Waals surface area contributed by atoms with Crippen LogP contribution < -0.4 is 5.56 Å². The lowest BCUT2D eigenvalue weighted by Crippen LogP contribution is -2.15. The molecule has 0 aliphatic carbocycles. The first-order valence-electron chi connectivity index (χ1n) is 8.97. The third-order valence-electron chi connectivity index (χ3n) is 4.70. The number of nitrogens with one attached hydrogen (secondary N) is 1. The molecular formula is C21H18N4O2S. The van der Waals surface area contributed by atoms with Crippen LogP contribution in [-0.2, 0) is 6.54 Å². The lowest BCUT2D eigenvalue weighted by atomic mass is 10.0. The van der Waals surface area contributed by atoms with Gasteiger partial charge in [-0.2, -0.15) is 5.26 Å². The SMILES string of the molecule is CCn1c2ccccc2c2cc(-c3nc(SCCO)[nH]c(=O)c3C#N)ccc21. The predicted octanol–water partition coefficient (Wildman–Crippen LogP) is 3.52. The van der Waals surface area contributed by atoms with Gasteiger partial charge in [-0.25, -0.2) is 4.98 Å². The van der Waals surface area contributed by atoms with E-state index >= 15 is 0 Å². The third-order valence-corrected chi connectivity index (χ3v) is 5.56. The Balaban J connectivity index is 1.97. The van der Waals surface area contributed by atoms with Crippen molar-refractivity contribution in [2.75, 3.05) is 12.4 Å². The van der Waals surface area contributed by atoms with Crippen molar-refractivity contribution in [3.63, 3.8) is 0 Å². The summed E-state index contributed by atoms with van der Waals surface area (Å²) in [5.74, 6) is 0.414. The Morgan fingerprint density at radius 2 is 2.00 bits per heavy atom. The molecule has 0 fully saturated rings. The van der Waals surface area contributed by atoms with Crippen molar-refractivity contribution in [1.29, 1.82) is 5.26 Å².